The van der Waals surface area contributed by atoms with Gasteiger partial charge in [-0.1, -0.05) is 0 Å². The summed E-state index contributed by atoms with van der Waals surface area (Å²) >= 11 is 1.72. The molecule has 0 bridgehead atoms. The maximum Gasteiger partial charge on any atom is 0.163 e. The lowest BCUT2D eigenvalue weighted by molar-refractivity contribution is 1.14. The summed E-state index contributed by atoms with van der Waals surface area (Å²) in [4.78, 5) is 5.28. The lowest BCUT2D eigenvalue weighted by atomic mass is 10.2. The molecule has 0 aromatic carbocycles. The predicted molar refractivity (Wildman–Crippen MR) is 65.3 cm³/mol. The summed E-state index contributed by atoms with van der Waals surface area (Å²) in [6.45, 7) is 2.83. The Hall–Kier alpha value is -1.86. The minimum Gasteiger partial charge on any atom is -0.378 e. The monoisotopic (exact) mass is 229 g/mol. The fraction of sp³-hybridized carbons (Fsp3) is 0.167. The fourth-order valence-electron chi connectivity index (χ4n) is 1.40. The van der Waals surface area contributed by atoms with Crippen molar-refractivity contribution in [2.45, 2.75) is 13.5 Å². The Bertz CT molecular complexity index is 525. The van der Waals surface area contributed by atoms with E-state index < -0.39 is 0 Å². The van der Waals surface area contributed by atoms with Gasteiger partial charge in [-0.2, -0.15) is 5.26 Å². The number of anilines is 1. The van der Waals surface area contributed by atoms with E-state index in [1.165, 1.54) is 10.4 Å². The van der Waals surface area contributed by atoms with Gasteiger partial charge >= 0.3 is 0 Å². The molecule has 0 aliphatic heterocycles. The molecule has 80 valence electrons. The first-order chi connectivity index (χ1) is 7.81. The van der Waals surface area contributed by atoms with Crippen molar-refractivity contribution in [2.24, 2.45) is 0 Å². The number of nitrogens with one attached hydrogen (secondary N) is 1. The van der Waals surface area contributed by atoms with E-state index in [9.17, 15) is 0 Å². The number of nitriles is 1. The highest BCUT2D eigenvalue weighted by atomic mass is 32.1. The molecule has 0 saturated carbocycles. The summed E-state index contributed by atoms with van der Waals surface area (Å²) in [6, 6.07) is 7.86. The smallest absolute Gasteiger partial charge is 0.163 e. The SMILES string of the molecule is Cc1ccsc1CNc1cccnc1C#N. The molecule has 0 aliphatic carbocycles. The first-order valence-corrected chi connectivity index (χ1v) is 5.81. The first-order valence-electron chi connectivity index (χ1n) is 4.93. The van der Waals surface area contributed by atoms with E-state index in [-0.39, 0.29) is 0 Å². The Kier molecular flexibility index (Phi) is 3.18. The predicted octanol–water partition coefficient (Wildman–Crippen LogP) is 2.94. The van der Waals surface area contributed by atoms with Crippen molar-refractivity contribution in [3.8, 4) is 6.07 Å². The van der Waals surface area contributed by atoms with Crippen LogP contribution in [0.25, 0.3) is 0 Å². The van der Waals surface area contributed by atoms with Gasteiger partial charge in [0.2, 0.25) is 0 Å². The number of aryl methyl sites for hydroxylation is 1. The normalized spacial score (nSPS) is 9.75. The van der Waals surface area contributed by atoms with Crippen LogP contribution >= 0.6 is 11.3 Å². The van der Waals surface area contributed by atoms with Crippen LogP contribution in [0.5, 0.6) is 0 Å². The molecule has 0 aliphatic rings. The summed E-state index contributed by atoms with van der Waals surface area (Å²) in [7, 11) is 0. The second-order valence-corrected chi connectivity index (χ2v) is 4.39. The fourth-order valence-corrected chi connectivity index (χ4v) is 2.24. The largest absolute Gasteiger partial charge is 0.378 e. The van der Waals surface area contributed by atoms with Gasteiger partial charge < -0.3 is 5.32 Å². The van der Waals surface area contributed by atoms with Crippen LogP contribution in [0.1, 0.15) is 16.1 Å². The number of hydrogen-bond donors (Lipinski definition) is 1. The molecule has 4 heteroatoms. The van der Waals surface area contributed by atoms with Gasteiger partial charge in [0.1, 0.15) is 6.07 Å². The van der Waals surface area contributed by atoms with E-state index >= 15 is 0 Å². The third-order valence-corrected chi connectivity index (χ3v) is 3.34. The van der Waals surface area contributed by atoms with Crippen molar-refractivity contribution in [1.29, 1.82) is 5.26 Å². The second-order valence-electron chi connectivity index (χ2n) is 3.39. The zero-order chi connectivity index (χ0) is 11.4. The van der Waals surface area contributed by atoms with Crippen molar-refractivity contribution >= 4 is 17.0 Å². The van der Waals surface area contributed by atoms with Crippen molar-refractivity contribution < 1.29 is 0 Å². The summed E-state index contributed by atoms with van der Waals surface area (Å²) in [5, 5.41) is 14.2. The number of aromatic nitrogens is 1. The maximum atomic E-state index is 8.88. The molecule has 2 rings (SSSR count). The molecule has 0 saturated heterocycles. The summed E-state index contributed by atoms with van der Waals surface area (Å²) in [5.74, 6) is 0. The lowest BCUT2D eigenvalue weighted by Crippen LogP contribution is -2.01. The Morgan fingerprint density at radius 1 is 1.50 bits per heavy atom. The van der Waals surface area contributed by atoms with Crippen LogP contribution < -0.4 is 5.32 Å². The van der Waals surface area contributed by atoms with E-state index in [0.29, 0.717) is 5.69 Å². The Labute approximate surface area is 98.4 Å². The van der Waals surface area contributed by atoms with Crippen molar-refractivity contribution in [2.75, 3.05) is 5.32 Å². The van der Waals surface area contributed by atoms with Crippen LogP contribution in [0.4, 0.5) is 5.69 Å². The van der Waals surface area contributed by atoms with E-state index in [1.54, 1.807) is 17.5 Å². The van der Waals surface area contributed by atoms with Crippen molar-refractivity contribution in [1.82, 2.24) is 4.98 Å². The van der Waals surface area contributed by atoms with Gasteiger partial charge in [0.05, 0.1) is 5.69 Å². The molecule has 0 fully saturated rings. The molecule has 2 aromatic heterocycles. The molecule has 3 nitrogen and oxygen atoms in total. The van der Waals surface area contributed by atoms with E-state index in [0.717, 1.165) is 12.2 Å². The molecule has 0 unspecified atom stereocenters. The van der Waals surface area contributed by atoms with Crippen LogP contribution in [0.15, 0.2) is 29.8 Å². The van der Waals surface area contributed by atoms with Gasteiger partial charge in [-0.25, -0.2) is 4.98 Å². The summed E-state index contributed by atoms with van der Waals surface area (Å²) in [6.07, 6.45) is 1.63. The van der Waals surface area contributed by atoms with Crippen LogP contribution in [0, 0.1) is 18.3 Å². The molecule has 0 radical (unpaired) electrons. The molecule has 16 heavy (non-hydrogen) atoms. The molecular weight excluding hydrogens is 218 g/mol. The van der Waals surface area contributed by atoms with Gasteiger partial charge in [0.25, 0.3) is 0 Å². The van der Waals surface area contributed by atoms with Gasteiger partial charge in [0.15, 0.2) is 5.69 Å². The molecule has 2 aromatic rings. The first kappa shape index (κ1) is 10.7. The van der Waals surface area contributed by atoms with E-state index in [4.69, 9.17) is 5.26 Å². The summed E-state index contributed by atoms with van der Waals surface area (Å²) in [5.41, 5.74) is 2.51. The Morgan fingerprint density at radius 3 is 3.06 bits per heavy atom. The molecule has 2 heterocycles. The number of hydrogen-bond acceptors (Lipinski definition) is 4. The van der Waals surface area contributed by atoms with E-state index in [1.807, 2.05) is 12.1 Å². The molecule has 0 amide bonds. The average molecular weight is 229 g/mol. The minimum atomic E-state index is 0.441. The van der Waals surface area contributed by atoms with Crippen LogP contribution in [-0.4, -0.2) is 4.98 Å². The van der Waals surface area contributed by atoms with Crippen molar-refractivity contribution in [3.63, 3.8) is 0 Å². The number of rotatable bonds is 3. The zero-order valence-corrected chi connectivity index (χ0v) is 9.71. The third-order valence-electron chi connectivity index (χ3n) is 2.32. The highest BCUT2D eigenvalue weighted by Gasteiger charge is 2.03. The lowest BCUT2D eigenvalue weighted by Gasteiger charge is -2.06. The van der Waals surface area contributed by atoms with E-state index in [2.05, 4.69) is 34.7 Å². The Morgan fingerprint density at radius 2 is 2.38 bits per heavy atom. The van der Waals surface area contributed by atoms with Gasteiger partial charge in [-0.3, -0.25) is 0 Å². The number of thiophene rings is 1. The van der Waals surface area contributed by atoms with Gasteiger partial charge in [0, 0.05) is 17.6 Å². The van der Waals surface area contributed by atoms with Gasteiger partial charge in [-0.05, 0) is 36.1 Å². The number of nitrogens with zero attached hydrogens (tertiary/aromatic N) is 2. The third kappa shape index (κ3) is 2.20. The number of pyridine rings is 1. The molecular formula is C12H11N3S. The topological polar surface area (TPSA) is 48.7 Å². The molecule has 0 spiro atoms. The molecule has 0 atom stereocenters. The quantitative estimate of drug-likeness (QED) is 0.880. The van der Waals surface area contributed by atoms with Crippen LogP contribution in [0.3, 0.4) is 0 Å². The summed E-state index contributed by atoms with van der Waals surface area (Å²) < 4.78 is 0. The zero-order valence-electron chi connectivity index (χ0n) is 8.90. The van der Waals surface area contributed by atoms with Gasteiger partial charge in [-0.15, -0.1) is 11.3 Å². The van der Waals surface area contributed by atoms with Crippen LogP contribution in [-0.2, 0) is 6.54 Å². The average Bonchev–Trinajstić information content (AvgIpc) is 2.72. The van der Waals surface area contributed by atoms with Crippen molar-refractivity contribution in [3.05, 3.63) is 45.9 Å². The Balaban J connectivity index is 2.11. The highest BCUT2D eigenvalue weighted by molar-refractivity contribution is 7.10. The molecule has 1 N–H and O–H groups in total. The maximum absolute atomic E-state index is 8.88. The highest BCUT2D eigenvalue weighted by Crippen LogP contribution is 2.18. The minimum absolute atomic E-state index is 0.441. The second kappa shape index (κ2) is 4.77. The standard InChI is InChI=1S/C12H11N3S/c1-9-4-6-16-12(9)8-15-10-3-2-5-14-11(10)7-13/h2-6,15H,8H2,1H3. The van der Waals surface area contributed by atoms with Crippen LogP contribution in [0.2, 0.25) is 0 Å².